The van der Waals surface area contributed by atoms with Crippen molar-refractivity contribution in [3.05, 3.63) is 41.5 Å². The molecule has 2 aliphatic heterocycles. The van der Waals surface area contributed by atoms with Crippen LogP contribution in [0.3, 0.4) is 0 Å². The number of thiazole rings is 1. The number of nitrogens with zero attached hydrogens (tertiary/aromatic N) is 4. The average molecular weight is 680 g/mol. The number of aromatic nitrogens is 2. The Morgan fingerprint density at radius 3 is 2.65 bits per heavy atom. The largest absolute Gasteiger partial charge is 0.489 e. The number of oxime groups is 1. The van der Waals surface area contributed by atoms with Gasteiger partial charge in [0, 0.05) is 18.5 Å². The van der Waals surface area contributed by atoms with E-state index in [2.05, 4.69) is 30.4 Å². The maximum Gasteiger partial charge on any atom is 0.418 e. The lowest BCUT2D eigenvalue weighted by Gasteiger charge is -2.50. The number of aliphatic carboxylic acids is 1. The lowest BCUT2D eigenvalue weighted by Crippen LogP contribution is -2.76. The molecule has 46 heavy (non-hydrogen) atoms. The van der Waals surface area contributed by atoms with Crippen molar-refractivity contribution in [3.8, 4) is 5.75 Å². The van der Waals surface area contributed by atoms with Crippen molar-refractivity contribution >= 4 is 67.0 Å². The van der Waals surface area contributed by atoms with Crippen LogP contribution >= 0.6 is 11.3 Å². The Hall–Kier alpha value is -4.63. The SMILES string of the molecule is C[n+]1ccc2cc(OC[C@H](O/N=C(\C(=O)N[C@@H]3C(=O)N(OS(=O)(=O)O)C3(C)C)c3csc(N)n3)C(=O)O)ccc2c1NC1CNC1. The summed E-state index contributed by atoms with van der Waals surface area (Å²) < 4.78 is 43.1. The third-order valence-corrected chi connectivity index (χ3v) is 8.29. The number of nitrogen functional groups attached to an aromatic ring is 1. The van der Waals surface area contributed by atoms with Crippen LogP contribution in [0.2, 0.25) is 0 Å². The van der Waals surface area contributed by atoms with E-state index in [1.807, 2.05) is 29.9 Å². The molecule has 246 valence electrons. The molecule has 2 aromatic heterocycles. The first-order valence-corrected chi connectivity index (χ1v) is 15.9. The summed E-state index contributed by atoms with van der Waals surface area (Å²) in [6.07, 6.45) is 0.222. The molecule has 1 aromatic carbocycles. The minimum atomic E-state index is -5.01. The summed E-state index contributed by atoms with van der Waals surface area (Å²) in [6.45, 7) is 3.96. The first-order chi connectivity index (χ1) is 21.6. The Bertz CT molecular complexity index is 1830. The Morgan fingerprint density at radius 2 is 2.07 bits per heavy atom. The van der Waals surface area contributed by atoms with E-state index in [9.17, 15) is 27.9 Å². The van der Waals surface area contributed by atoms with Crippen LogP contribution in [0.5, 0.6) is 5.75 Å². The van der Waals surface area contributed by atoms with Crippen molar-refractivity contribution in [3.63, 3.8) is 0 Å². The molecule has 18 nitrogen and oxygen atoms in total. The summed E-state index contributed by atoms with van der Waals surface area (Å²) in [5.41, 5.74) is 3.69. The Balaban J connectivity index is 1.30. The zero-order valence-electron chi connectivity index (χ0n) is 24.7. The van der Waals surface area contributed by atoms with Gasteiger partial charge in [-0.3, -0.25) is 19.5 Å². The van der Waals surface area contributed by atoms with Gasteiger partial charge in [0.05, 0.1) is 24.2 Å². The number of carbonyl (C=O) groups is 3. The summed E-state index contributed by atoms with van der Waals surface area (Å²) in [7, 11) is -3.08. The minimum Gasteiger partial charge on any atom is -0.489 e. The number of rotatable bonds is 13. The second-order valence-corrected chi connectivity index (χ2v) is 12.9. The van der Waals surface area contributed by atoms with Crippen LogP contribution in [0, 0.1) is 0 Å². The second-order valence-electron chi connectivity index (χ2n) is 11.0. The molecule has 0 spiro atoms. The third-order valence-electron chi connectivity index (χ3n) is 7.28. The number of carboxylic acid groups (broad SMARTS) is 1. The van der Waals surface area contributed by atoms with Crippen molar-refractivity contribution in [1.82, 2.24) is 20.7 Å². The lowest BCUT2D eigenvalue weighted by atomic mass is 9.84. The smallest absolute Gasteiger partial charge is 0.418 e. The molecule has 0 saturated carbocycles. The average Bonchev–Trinajstić information content (AvgIpc) is 3.39. The van der Waals surface area contributed by atoms with Crippen LogP contribution in [0.4, 0.5) is 10.9 Å². The fraction of sp³-hybridized carbons (Fsp3) is 0.385. The van der Waals surface area contributed by atoms with Crippen LogP contribution in [-0.2, 0) is 41.0 Å². The molecule has 20 heteroatoms. The summed E-state index contributed by atoms with van der Waals surface area (Å²) in [4.78, 5) is 47.0. The highest BCUT2D eigenvalue weighted by atomic mass is 32.3. The number of carbonyl (C=O) groups excluding carboxylic acids is 2. The summed E-state index contributed by atoms with van der Waals surface area (Å²) >= 11 is 0.965. The molecule has 2 amide bonds. The van der Waals surface area contributed by atoms with Crippen LogP contribution < -0.4 is 31.0 Å². The van der Waals surface area contributed by atoms with Gasteiger partial charge in [-0.15, -0.1) is 15.6 Å². The number of carboxylic acids is 1. The van der Waals surface area contributed by atoms with Gasteiger partial charge in [-0.25, -0.2) is 14.3 Å². The first-order valence-electron chi connectivity index (χ1n) is 13.7. The molecule has 4 heterocycles. The molecule has 2 aliphatic rings. The molecule has 3 aromatic rings. The van der Waals surface area contributed by atoms with Crippen molar-refractivity contribution in [2.24, 2.45) is 12.2 Å². The van der Waals surface area contributed by atoms with Gasteiger partial charge in [0.25, 0.3) is 23.7 Å². The van der Waals surface area contributed by atoms with Gasteiger partial charge in [-0.05, 0) is 43.5 Å². The van der Waals surface area contributed by atoms with E-state index in [1.54, 1.807) is 12.1 Å². The van der Waals surface area contributed by atoms with Crippen LogP contribution in [0.15, 0.2) is 41.0 Å². The van der Waals surface area contributed by atoms with E-state index < -0.39 is 58.2 Å². The third kappa shape index (κ3) is 6.94. The van der Waals surface area contributed by atoms with E-state index >= 15 is 0 Å². The highest BCUT2D eigenvalue weighted by Crippen LogP contribution is 2.33. The van der Waals surface area contributed by atoms with E-state index in [1.165, 1.54) is 19.2 Å². The molecule has 0 unspecified atom stereocenters. The molecule has 2 saturated heterocycles. The van der Waals surface area contributed by atoms with E-state index in [-0.39, 0.29) is 10.8 Å². The quantitative estimate of drug-likeness (QED) is 0.0425. The maximum atomic E-state index is 13.2. The Morgan fingerprint density at radius 1 is 1.33 bits per heavy atom. The second kappa shape index (κ2) is 12.6. The molecule has 2 atom stereocenters. The Kier molecular flexibility index (Phi) is 9.00. The standard InChI is InChI=1S/C26H30N8O10S2/c1-26(2)20(23(36)34(26)44-46(39,40)41)31-22(35)19(17-12-45-25(27)30-17)32-43-18(24(37)38)11-42-15-4-5-16-13(8-15)6-7-33(3)21(16)29-14-9-28-10-14/h4-8,12,14,18,20,28H,9-11H2,1-3H3,(H5,27,30,31,35,37,38,39,40,41)/p+1/b32-19-/t18-,20+/m0/s1. The predicted molar refractivity (Wildman–Crippen MR) is 162 cm³/mol. The molecular weight excluding hydrogens is 648 g/mol. The predicted octanol–water partition coefficient (Wildman–Crippen LogP) is -0.820. The van der Waals surface area contributed by atoms with Gasteiger partial charge in [0.2, 0.25) is 0 Å². The van der Waals surface area contributed by atoms with E-state index in [0.717, 1.165) is 41.0 Å². The summed E-state index contributed by atoms with van der Waals surface area (Å²) in [5.74, 6) is -2.15. The van der Waals surface area contributed by atoms with E-state index in [4.69, 9.17) is 19.9 Å². The van der Waals surface area contributed by atoms with Crippen LogP contribution in [0.1, 0.15) is 19.5 Å². The van der Waals surface area contributed by atoms with Gasteiger partial charge in [-0.1, -0.05) is 5.16 Å². The number of pyridine rings is 1. The highest BCUT2D eigenvalue weighted by Gasteiger charge is 2.58. The van der Waals surface area contributed by atoms with Crippen molar-refractivity contribution < 1.29 is 50.9 Å². The molecule has 0 bridgehead atoms. The summed E-state index contributed by atoms with van der Waals surface area (Å²) in [6, 6.07) is 6.19. The number of nitrogens with two attached hydrogens (primary N) is 1. The number of benzene rings is 1. The molecular formula is C26H31N8O10S2+. The maximum absolute atomic E-state index is 13.2. The lowest BCUT2D eigenvalue weighted by molar-refractivity contribution is -0.656. The minimum absolute atomic E-state index is 0.0639. The number of hydroxylamine groups is 2. The molecule has 7 N–H and O–H groups in total. The number of amides is 2. The molecule has 5 rings (SSSR count). The monoisotopic (exact) mass is 679 g/mol. The van der Waals surface area contributed by atoms with E-state index in [0.29, 0.717) is 16.9 Å². The number of fused-ring (bicyclic) bond motifs is 1. The summed E-state index contributed by atoms with van der Waals surface area (Å²) in [5, 5.41) is 26.2. The molecule has 0 radical (unpaired) electrons. The van der Waals surface area contributed by atoms with Crippen molar-refractivity contribution in [2.45, 2.75) is 37.6 Å². The zero-order valence-corrected chi connectivity index (χ0v) is 26.3. The number of hydrogen-bond acceptors (Lipinski definition) is 14. The number of β-lactam (4-membered cyclic amide) rings is 1. The number of aryl methyl sites for hydroxylation is 1. The molecule has 2 fully saturated rings. The zero-order chi connectivity index (χ0) is 33.4. The Labute approximate surface area is 266 Å². The number of nitrogens with one attached hydrogen (secondary N) is 3. The number of ether oxygens (including phenoxy) is 1. The van der Waals surface area contributed by atoms with Gasteiger partial charge >= 0.3 is 16.4 Å². The molecule has 0 aliphatic carbocycles. The van der Waals surface area contributed by atoms with Gasteiger partial charge in [0.1, 0.15) is 30.1 Å². The number of hydrogen-bond donors (Lipinski definition) is 6. The van der Waals surface area contributed by atoms with Crippen molar-refractivity contribution in [2.75, 3.05) is 30.7 Å². The normalized spacial score (nSPS) is 18.8. The highest BCUT2D eigenvalue weighted by molar-refractivity contribution is 7.80. The van der Waals surface area contributed by atoms with Crippen molar-refractivity contribution in [1.29, 1.82) is 0 Å². The van der Waals surface area contributed by atoms with Crippen LogP contribution in [-0.4, -0.2) is 95.0 Å². The van der Waals surface area contributed by atoms with Gasteiger partial charge < -0.3 is 31.0 Å². The fourth-order valence-electron chi connectivity index (χ4n) is 4.66. The van der Waals surface area contributed by atoms with Gasteiger partial charge in [-0.2, -0.15) is 13.5 Å². The van der Waals surface area contributed by atoms with Gasteiger partial charge in [0.15, 0.2) is 10.8 Å². The van der Waals surface area contributed by atoms with Crippen LogP contribution in [0.25, 0.3) is 10.8 Å². The topological polar surface area (TPSA) is 248 Å². The first kappa shape index (κ1) is 32.8. The number of anilines is 2. The fourth-order valence-corrected chi connectivity index (χ4v) is 5.66.